The Morgan fingerprint density at radius 2 is 1.53 bits per heavy atom. The minimum atomic E-state index is -0.741. The van der Waals surface area contributed by atoms with Crippen LogP contribution >= 0.6 is 0 Å². The standard InChI is InChI=1S/C24H43NO7/c1-8-23(6,13-16-32-24(7,9-2)20(3)27)31-18-17-30-22(4,5)12-15-29-21(28)11-10-14-25-19-26/h8-18H2,1-7H3. The highest BCUT2D eigenvalue weighted by Crippen LogP contribution is 2.24. The van der Waals surface area contributed by atoms with Gasteiger partial charge in [-0.05, 0) is 60.3 Å². The zero-order valence-corrected chi connectivity index (χ0v) is 21.1. The van der Waals surface area contributed by atoms with Gasteiger partial charge >= 0.3 is 5.97 Å². The van der Waals surface area contributed by atoms with Gasteiger partial charge in [-0.2, -0.15) is 0 Å². The molecule has 0 aliphatic carbocycles. The maximum Gasteiger partial charge on any atom is 0.305 e. The van der Waals surface area contributed by atoms with Crippen LogP contribution in [0.5, 0.6) is 0 Å². The quantitative estimate of drug-likeness (QED) is 0.124. The summed E-state index contributed by atoms with van der Waals surface area (Å²) in [7, 11) is 0. The number of ether oxygens (including phenoxy) is 4. The van der Waals surface area contributed by atoms with Gasteiger partial charge in [0.1, 0.15) is 5.60 Å². The zero-order chi connectivity index (χ0) is 24.7. The van der Waals surface area contributed by atoms with Crippen molar-refractivity contribution in [1.82, 2.24) is 0 Å². The van der Waals surface area contributed by atoms with Crippen molar-refractivity contribution in [3.8, 4) is 0 Å². The molecule has 2 unspecified atom stereocenters. The number of ketones is 1. The summed E-state index contributed by atoms with van der Waals surface area (Å²) in [6, 6.07) is 0. The van der Waals surface area contributed by atoms with E-state index >= 15 is 0 Å². The highest BCUT2D eigenvalue weighted by Gasteiger charge is 2.30. The molecule has 0 aliphatic heterocycles. The van der Waals surface area contributed by atoms with Crippen molar-refractivity contribution in [3.05, 3.63) is 0 Å². The predicted molar refractivity (Wildman–Crippen MR) is 122 cm³/mol. The Balaban J connectivity index is 4.21. The first-order valence-electron chi connectivity index (χ1n) is 11.6. The molecular formula is C24H43NO7. The third kappa shape index (κ3) is 13.1. The second-order valence-electron chi connectivity index (χ2n) is 9.05. The molecule has 0 aliphatic rings. The van der Waals surface area contributed by atoms with Gasteiger partial charge in [0, 0.05) is 12.8 Å². The van der Waals surface area contributed by atoms with E-state index in [1.165, 1.54) is 6.08 Å². The van der Waals surface area contributed by atoms with Crippen molar-refractivity contribution in [3.63, 3.8) is 0 Å². The number of carbonyl (C=O) groups is 2. The Morgan fingerprint density at radius 3 is 2.09 bits per heavy atom. The van der Waals surface area contributed by atoms with Gasteiger partial charge in [-0.15, -0.1) is 0 Å². The summed E-state index contributed by atoms with van der Waals surface area (Å²) in [6.45, 7) is 15.2. The Hall–Kier alpha value is -1.60. The first-order chi connectivity index (χ1) is 14.9. The van der Waals surface area contributed by atoms with Gasteiger partial charge in [0.05, 0.1) is 44.2 Å². The lowest BCUT2D eigenvalue weighted by molar-refractivity contribution is -0.147. The van der Waals surface area contributed by atoms with Crippen LogP contribution < -0.4 is 0 Å². The first-order valence-corrected chi connectivity index (χ1v) is 11.6. The summed E-state index contributed by atoms with van der Waals surface area (Å²) in [4.78, 5) is 36.8. The molecule has 32 heavy (non-hydrogen) atoms. The summed E-state index contributed by atoms with van der Waals surface area (Å²) in [5, 5.41) is 0. The normalized spacial score (nSPS) is 15.3. The fraction of sp³-hybridized carbons (Fsp3) is 0.875. The van der Waals surface area contributed by atoms with Crippen LogP contribution in [-0.2, 0) is 33.3 Å². The van der Waals surface area contributed by atoms with E-state index in [0.29, 0.717) is 45.5 Å². The maximum absolute atomic E-state index is 11.8. The van der Waals surface area contributed by atoms with E-state index in [0.717, 1.165) is 6.42 Å². The second kappa shape index (κ2) is 15.3. The molecular weight excluding hydrogens is 414 g/mol. The smallest absolute Gasteiger partial charge is 0.305 e. The first kappa shape index (κ1) is 30.4. The number of esters is 1. The monoisotopic (exact) mass is 457 g/mol. The number of rotatable bonds is 19. The number of hydrogen-bond donors (Lipinski definition) is 0. The van der Waals surface area contributed by atoms with Gasteiger partial charge in [0.15, 0.2) is 5.78 Å². The van der Waals surface area contributed by atoms with Crippen LogP contribution in [0.4, 0.5) is 0 Å². The number of hydrogen-bond acceptors (Lipinski definition) is 8. The fourth-order valence-electron chi connectivity index (χ4n) is 2.80. The van der Waals surface area contributed by atoms with E-state index in [2.05, 4.69) is 11.9 Å². The lowest BCUT2D eigenvalue weighted by atomic mass is 9.97. The summed E-state index contributed by atoms with van der Waals surface area (Å²) < 4.78 is 23.1. The van der Waals surface area contributed by atoms with E-state index in [1.807, 2.05) is 34.6 Å². The summed E-state index contributed by atoms with van der Waals surface area (Å²) in [5.41, 5.74) is -1.56. The Morgan fingerprint density at radius 1 is 0.875 bits per heavy atom. The van der Waals surface area contributed by atoms with E-state index in [-0.39, 0.29) is 36.9 Å². The molecule has 0 heterocycles. The summed E-state index contributed by atoms with van der Waals surface area (Å²) in [5.74, 6) is -0.275. The Bertz CT molecular complexity index is 615. The number of Topliss-reactive ketones (excluding diaryl/α,β-unsaturated/α-hetero) is 1. The Labute approximate surface area is 193 Å². The van der Waals surface area contributed by atoms with E-state index < -0.39 is 11.2 Å². The topological polar surface area (TPSA) is 100 Å². The van der Waals surface area contributed by atoms with Crippen molar-refractivity contribution in [2.24, 2.45) is 4.99 Å². The van der Waals surface area contributed by atoms with Crippen LogP contribution in [-0.4, -0.2) is 67.6 Å². The van der Waals surface area contributed by atoms with Crippen molar-refractivity contribution in [1.29, 1.82) is 0 Å². The molecule has 0 amide bonds. The molecule has 0 aromatic carbocycles. The minimum Gasteiger partial charge on any atom is -0.466 e. The molecule has 0 fully saturated rings. The van der Waals surface area contributed by atoms with Gasteiger partial charge in [0.2, 0.25) is 6.08 Å². The molecule has 0 saturated carbocycles. The highest BCUT2D eigenvalue weighted by molar-refractivity contribution is 5.84. The van der Waals surface area contributed by atoms with Crippen molar-refractivity contribution >= 4 is 17.8 Å². The average Bonchev–Trinajstić information content (AvgIpc) is 2.74. The minimum absolute atomic E-state index is 0.0347. The summed E-state index contributed by atoms with van der Waals surface area (Å²) in [6.07, 6.45) is 4.84. The Kier molecular flexibility index (Phi) is 14.5. The van der Waals surface area contributed by atoms with Crippen LogP contribution in [0.15, 0.2) is 4.99 Å². The largest absolute Gasteiger partial charge is 0.466 e. The number of isocyanates is 1. The molecule has 0 spiro atoms. The molecule has 0 rings (SSSR count). The van der Waals surface area contributed by atoms with E-state index in [4.69, 9.17) is 18.9 Å². The zero-order valence-electron chi connectivity index (χ0n) is 21.1. The molecule has 0 aromatic heterocycles. The molecule has 2 atom stereocenters. The highest BCUT2D eigenvalue weighted by atomic mass is 16.6. The van der Waals surface area contributed by atoms with Crippen LogP contribution in [0.1, 0.15) is 87.0 Å². The molecule has 0 N–H and O–H groups in total. The maximum atomic E-state index is 11.8. The molecule has 0 bridgehead atoms. The lowest BCUT2D eigenvalue weighted by Gasteiger charge is -2.32. The molecule has 8 nitrogen and oxygen atoms in total. The third-order valence-electron chi connectivity index (χ3n) is 5.93. The lowest BCUT2D eigenvalue weighted by Crippen LogP contribution is -2.39. The van der Waals surface area contributed by atoms with Crippen LogP contribution in [0, 0.1) is 0 Å². The van der Waals surface area contributed by atoms with Crippen molar-refractivity contribution in [2.75, 3.05) is 33.0 Å². The molecule has 186 valence electrons. The molecule has 0 saturated heterocycles. The van der Waals surface area contributed by atoms with Crippen molar-refractivity contribution < 1.29 is 33.3 Å². The second-order valence-corrected chi connectivity index (χ2v) is 9.05. The van der Waals surface area contributed by atoms with Crippen LogP contribution in [0.3, 0.4) is 0 Å². The number of nitrogens with zero attached hydrogens (tertiary/aromatic N) is 1. The van der Waals surface area contributed by atoms with Gasteiger partial charge in [0.25, 0.3) is 0 Å². The molecule has 0 radical (unpaired) electrons. The number of aliphatic imine (C=N–C) groups is 1. The van der Waals surface area contributed by atoms with Gasteiger partial charge in [-0.1, -0.05) is 13.8 Å². The van der Waals surface area contributed by atoms with Gasteiger partial charge in [-0.3, -0.25) is 9.59 Å². The SMILES string of the molecule is CCC(C)(CCOC(C)(CC)C(C)=O)OCCOC(C)(C)CCOC(=O)CCCN=C=O. The van der Waals surface area contributed by atoms with Gasteiger partial charge < -0.3 is 18.9 Å². The third-order valence-corrected chi connectivity index (χ3v) is 5.93. The number of carbonyl (C=O) groups excluding carboxylic acids is 3. The van der Waals surface area contributed by atoms with E-state index in [9.17, 15) is 14.4 Å². The van der Waals surface area contributed by atoms with Crippen LogP contribution in [0.25, 0.3) is 0 Å². The predicted octanol–water partition coefficient (Wildman–Crippen LogP) is 4.18. The average molecular weight is 458 g/mol. The van der Waals surface area contributed by atoms with Crippen LogP contribution in [0.2, 0.25) is 0 Å². The van der Waals surface area contributed by atoms with Crippen molar-refractivity contribution in [2.45, 2.75) is 104 Å². The molecule has 0 aromatic rings. The van der Waals surface area contributed by atoms with E-state index in [1.54, 1.807) is 6.92 Å². The fourth-order valence-corrected chi connectivity index (χ4v) is 2.80. The van der Waals surface area contributed by atoms with Gasteiger partial charge in [-0.25, -0.2) is 9.79 Å². The summed E-state index contributed by atoms with van der Waals surface area (Å²) >= 11 is 0. The molecule has 8 heteroatoms.